The molecular weight excluding hydrogens is 458 g/mol. The molecule has 4 amide bonds. The highest BCUT2D eigenvalue weighted by Crippen LogP contribution is 2.36. The fraction of sp³-hybridized carbons (Fsp3) is 0.250. The van der Waals surface area contributed by atoms with Gasteiger partial charge in [0.1, 0.15) is 0 Å². The molecule has 10 heteroatoms. The normalized spacial score (nSPS) is 15.6. The molecule has 1 saturated heterocycles. The molecule has 0 saturated carbocycles. The zero-order chi connectivity index (χ0) is 23.9. The number of amides is 4. The number of fused-ring (bicyclic) bond motifs is 1. The van der Waals surface area contributed by atoms with E-state index in [1.165, 1.54) is 0 Å². The predicted octanol–water partition coefficient (Wildman–Crippen LogP) is 2.32. The standard InChI is InChI=1S/C24H23N3O6S/c28-21(8-9-25-22(29)14-16-4-2-1-3-5-16)26-10-11-27-23(30)20(34-24(27)31)13-17-6-7-18-19(12-17)33-15-32-18/h1-7,12-13H,8-11,14-15H2,(H,25,29)(H,26,28)/b20-13+. The van der Waals surface area contributed by atoms with Crippen LogP contribution < -0.4 is 20.1 Å². The fourth-order valence-electron chi connectivity index (χ4n) is 3.40. The van der Waals surface area contributed by atoms with E-state index >= 15 is 0 Å². The van der Waals surface area contributed by atoms with Crippen LogP contribution in [0, 0.1) is 0 Å². The maximum absolute atomic E-state index is 12.6. The number of ether oxygens (including phenoxy) is 2. The summed E-state index contributed by atoms with van der Waals surface area (Å²) in [4.78, 5) is 50.3. The number of rotatable bonds is 9. The first-order valence-corrected chi connectivity index (χ1v) is 11.5. The van der Waals surface area contributed by atoms with Gasteiger partial charge >= 0.3 is 0 Å². The number of benzene rings is 2. The van der Waals surface area contributed by atoms with Crippen molar-refractivity contribution >= 4 is 40.8 Å². The first-order chi connectivity index (χ1) is 16.5. The van der Waals surface area contributed by atoms with Crippen LogP contribution in [0.15, 0.2) is 53.4 Å². The van der Waals surface area contributed by atoms with Gasteiger partial charge in [0.25, 0.3) is 11.1 Å². The molecule has 0 bridgehead atoms. The minimum atomic E-state index is -0.407. The smallest absolute Gasteiger partial charge is 0.293 e. The van der Waals surface area contributed by atoms with Crippen molar-refractivity contribution in [1.29, 1.82) is 0 Å². The number of nitrogens with zero attached hydrogens (tertiary/aromatic N) is 1. The fourth-order valence-corrected chi connectivity index (χ4v) is 4.27. The van der Waals surface area contributed by atoms with E-state index in [4.69, 9.17) is 9.47 Å². The van der Waals surface area contributed by atoms with Gasteiger partial charge in [0, 0.05) is 26.1 Å². The molecule has 9 nitrogen and oxygen atoms in total. The van der Waals surface area contributed by atoms with Crippen LogP contribution in [-0.2, 0) is 20.8 Å². The van der Waals surface area contributed by atoms with E-state index in [0.29, 0.717) is 16.4 Å². The highest BCUT2D eigenvalue weighted by molar-refractivity contribution is 8.18. The summed E-state index contributed by atoms with van der Waals surface area (Å²) in [5, 5.41) is 4.99. The van der Waals surface area contributed by atoms with E-state index in [-0.39, 0.29) is 56.3 Å². The van der Waals surface area contributed by atoms with Gasteiger partial charge < -0.3 is 20.1 Å². The average Bonchev–Trinajstić information content (AvgIpc) is 3.39. The van der Waals surface area contributed by atoms with Crippen molar-refractivity contribution in [2.24, 2.45) is 0 Å². The third-order valence-electron chi connectivity index (χ3n) is 5.11. The van der Waals surface area contributed by atoms with Gasteiger partial charge in [-0.05, 0) is 41.1 Å². The van der Waals surface area contributed by atoms with Crippen molar-refractivity contribution < 1.29 is 28.7 Å². The lowest BCUT2D eigenvalue weighted by molar-refractivity contribution is -0.124. The molecule has 2 aliphatic heterocycles. The van der Waals surface area contributed by atoms with Crippen molar-refractivity contribution in [3.8, 4) is 11.5 Å². The van der Waals surface area contributed by atoms with Gasteiger partial charge in [-0.2, -0.15) is 0 Å². The molecule has 2 aromatic rings. The van der Waals surface area contributed by atoms with Crippen molar-refractivity contribution in [2.75, 3.05) is 26.4 Å². The second-order valence-electron chi connectivity index (χ2n) is 7.56. The number of hydrogen-bond acceptors (Lipinski definition) is 7. The summed E-state index contributed by atoms with van der Waals surface area (Å²) >= 11 is 0.853. The summed E-state index contributed by atoms with van der Waals surface area (Å²) < 4.78 is 10.6. The molecule has 2 aliphatic rings. The van der Waals surface area contributed by atoms with Crippen LogP contribution in [0.5, 0.6) is 11.5 Å². The molecule has 2 heterocycles. The summed E-state index contributed by atoms with van der Waals surface area (Å²) in [5.74, 6) is 0.382. The summed E-state index contributed by atoms with van der Waals surface area (Å²) in [6.45, 7) is 0.555. The SMILES string of the molecule is O=C(CCNC(=O)Cc1ccccc1)NCCN1C(=O)S/C(=C/c2ccc3c(c2)OCO3)C1=O. The Hall–Kier alpha value is -3.79. The van der Waals surface area contributed by atoms with Crippen LogP contribution >= 0.6 is 11.8 Å². The van der Waals surface area contributed by atoms with Gasteiger partial charge in [-0.15, -0.1) is 0 Å². The lowest BCUT2D eigenvalue weighted by atomic mass is 10.1. The van der Waals surface area contributed by atoms with Gasteiger partial charge in [-0.3, -0.25) is 24.1 Å². The Morgan fingerprint density at radius 2 is 1.74 bits per heavy atom. The Morgan fingerprint density at radius 3 is 2.56 bits per heavy atom. The van der Waals surface area contributed by atoms with Crippen LogP contribution in [0.25, 0.3) is 6.08 Å². The molecule has 0 radical (unpaired) electrons. The Bertz CT molecular complexity index is 1130. The van der Waals surface area contributed by atoms with Gasteiger partial charge in [-0.25, -0.2) is 0 Å². The van der Waals surface area contributed by atoms with E-state index in [0.717, 1.165) is 27.8 Å². The second kappa shape index (κ2) is 10.9. The maximum atomic E-state index is 12.6. The van der Waals surface area contributed by atoms with Crippen LogP contribution in [0.3, 0.4) is 0 Å². The highest BCUT2D eigenvalue weighted by Gasteiger charge is 2.34. The number of imide groups is 1. The van der Waals surface area contributed by atoms with E-state index in [1.807, 2.05) is 30.3 Å². The molecule has 2 aromatic carbocycles. The molecule has 1 fully saturated rings. The first-order valence-electron chi connectivity index (χ1n) is 10.7. The van der Waals surface area contributed by atoms with E-state index < -0.39 is 5.91 Å². The molecular formula is C24H23N3O6S. The van der Waals surface area contributed by atoms with Crippen molar-refractivity contribution in [1.82, 2.24) is 15.5 Å². The molecule has 0 atom stereocenters. The highest BCUT2D eigenvalue weighted by atomic mass is 32.2. The molecule has 0 unspecified atom stereocenters. The Morgan fingerprint density at radius 1 is 0.971 bits per heavy atom. The lowest BCUT2D eigenvalue weighted by Gasteiger charge is -2.13. The van der Waals surface area contributed by atoms with Crippen LogP contribution in [0.2, 0.25) is 0 Å². The van der Waals surface area contributed by atoms with Crippen molar-refractivity contribution in [2.45, 2.75) is 12.8 Å². The van der Waals surface area contributed by atoms with E-state index in [9.17, 15) is 19.2 Å². The van der Waals surface area contributed by atoms with Gasteiger partial charge in [0.2, 0.25) is 18.6 Å². The minimum Gasteiger partial charge on any atom is -0.454 e. The van der Waals surface area contributed by atoms with Crippen molar-refractivity contribution in [3.63, 3.8) is 0 Å². The van der Waals surface area contributed by atoms with Gasteiger partial charge in [0.15, 0.2) is 11.5 Å². The monoisotopic (exact) mass is 481 g/mol. The average molecular weight is 482 g/mol. The van der Waals surface area contributed by atoms with Gasteiger partial charge in [0.05, 0.1) is 11.3 Å². The third-order valence-corrected chi connectivity index (χ3v) is 6.01. The molecule has 2 N–H and O–H groups in total. The van der Waals surface area contributed by atoms with Crippen LogP contribution in [0.4, 0.5) is 4.79 Å². The Balaban J connectivity index is 1.18. The molecule has 176 valence electrons. The first kappa shape index (κ1) is 23.4. The Kier molecular flexibility index (Phi) is 7.48. The predicted molar refractivity (Wildman–Crippen MR) is 126 cm³/mol. The zero-order valence-corrected chi connectivity index (χ0v) is 19.1. The summed E-state index contributed by atoms with van der Waals surface area (Å²) in [5.41, 5.74) is 1.62. The van der Waals surface area contributed by atoms with Crippen LogP contribution in [-0.4, -0.2) is 54.3 Å². The zero-order valence-electron chi connectivity index (χ0n) is 18.2. The molecule has 0 spiro atoms. The number of hydrogen-bond donors (Lipinski definition) is 2. The summed E-state index contributed by atoms with van der Waals surface area (Å²) in [6, 6.07) is 14.6. The van der Waals surface area contributed by atoms with E-state index in [2.05, 4.69) is 10.6 Å². The molecule has 0 aromatic heterocycles. The minimum absolute atomic E-state index is 0.0647. The number of carbonyl (C=O) groups is 4. The topological polar surface area (TPSA) is 114 Å². The summed E-state index contributed by atoms with van der Waals surface area (Å²) in [6.07, 6.45) is 1.98. The molecule has 4 rings (SSSR count). The molecule has 34 heavy (non-hydrogen) atoms. The van der Waals surface area contributed by atoms with Gasteiger partial charge in [-0.1, -0.05) is 36.4 Å². The maximum Gasteiger partial charge on any atom is 0.293 e. The van der Waals surface area contributed by atoms with Crippen LogP contribution in [0.1, 0.15) is 17.5 Å². The summed E-state index contributed by atoms with van der Waals surface area (Å²) in [7, 11) is 0. The number of carbonyl (C=O) groups excluding carboxylic acids is 4. The second-order valence-corrected chi connectivity index (χ2v) is 8.55. The lowest BCUT2D eigenvalue weighted by Crippen LogP contribution is -2.38. The Labute approximate surface area is 200 Å². The van der Waals surface area contributed by atoms with Crippen molar-refractivity contribution in [3.05, 3.63) is 64.6 Å². The largest absolute Gasteiger partial charge is 0.454 e. The van der Waals surface area contributed by atoms with E-state index in [1.54, 1.807) is 24.3 Å². The number of nitrogens with one attached hydrogen (secondary N) is 2. The molecule has 0 aliphatic carbocycles. The number of thioether (sulfide) groups is 1. The third kappa shape index (κ3) is 5.96. The quantitative estimate of drug-likeness (QED) is 0.529.